The first-order valence-electron chi connectivity index (χ1n) is 5.07. The van der Waals surface area contributed by atoms with Gasteiger partial charge in [0.1, 0.15) is 0 Å². The summed E-state index contributed by atoms with van der Waals surface area (Å²) in [4.78, 5) is 20.7. The molecule has 0 spiro atoms. The summed E-state index contributed by atoms with van der Waals surface area (Å²) in [5, 5.41) is 55.3. The van der Waals surface area contributed by atoms with Crippen LogP contribution in [0.2, 0.25) is 0 Å². The van der Waals surface area contributed by atoms with Crippen molar-refractivity contribution in [2.24, 2.45) is 0 Å². The Hall–Kier alpha value is -3.16. The Labute approximate surface area is 111 Å². The Morgan fingerprint density at radius 3 is 1.10 bits per heavy atom. The summed E-state index contributed by atoms with van der Waals surface area (Å²) in [5.41, 5.74) is -1.04. The zero-order valence-electron chi connectivity index (χ0n) is 9.81. The smallest absolute Gasteiger partial charge is 0.328 e. The van der Waals surface area contributed by atoms with Gasteiger partial charge in [-0.1, -0.05) is 0 Å². The van der Waals surface area contributed by atoms with Crippen molar-refractivity contribution in [1.29, 1.82) is 0 Å². The van der Waals surface area contributed by atoms with Crippen molar-refractivity contribution in [3.05, 3.63) is 23.3 Å². The number of benzene rings is 1. The Bertz CT molecular complexity index is 543. The van der Waals surface area contributed by atoms with Crippen LogP contribution in [0.4, 0.5) is 0 Å². The van der Waals surface area contributed by atoms with E-state index in [9.17, 15) is 30.0 Å². The Morgan fingerprint density at radius 2 is 0.900 bits per heavy atom. The van der Waals surface area contributed by atoms with Gasteiger partial charge in [-0.2, -0.15) is 0 Å². The lowest BCUT2D eigenvalue weighted by atomic mass is 10.0. The van der Waals surface area contributed by atoms with Crippen molar-refractivity contribution in [2.45, 2.75) is 0 Å². The van der Waals surface area contributed by atoms with Crippen LogP contribution in [0.15, 0.2) is 12.2 Å². The molecule has 0 aromatic heterocycles. The van der Waals surface area contributed by atoms with Crippen LogP contribution in [0.1, 0.15) is 11.1 Å². The van der Waals surface area contributed by atoms with Crippen LogP contribution in [-0.4, -0.2) is 42.6 Å². The van der Waals surface area contributed by atoms with Crippen molar-refractivity contribution in [2.75, 3.05) is 0 Å². The lowest BCUT2D eigenvalue weighted by Crippen LogP contribution is -1.90. The number of hydrogen-bond donors (Lipinski definition) is 6. The molecule has 0 heterocycles. The SMILES string of the molecule is O=C(O)C=Cc1c(O)c(O)c(C=CC(=O)O)c(O)c1O. The minimum absolute atomic E-state index is 0.519. The molecule has 0 bridgehead atoms. The van der Waals surface area contributed by atoms with Crippen molar-refractivity contribution in [3.63, 3.8) is 0 Å². The molecule has 1 aromatic carbocycles. The number of aliphatic carboxylic acids is 2. The molecule has 0 amide bonds. The number of carboxylic acid groups (broad SMARTS) is 2. The summed E-state index contributed by atoms with van der Waals surface area (Å²) in [7, 11) is 0. The lowest BCUT2D eigenvalue weighted by Gasteiger charge is -2.11. The summed E-state index contributed by atoms with van der Waals surface area (Å²) in [5.74, 6) is -6.35. The second-order valence-corrected chi connectivity index (χ2v) is 3.56. The van der Waals surface area contributed by atoms with E-state index in [-0.39, 0.29) is 0 Å². The molecule has 106 valence electrons. The molecule has 0 aliphatic rings. The monoisotopic (exact) mass is 282 g/mol. The number of phenolic OH excluding ortho intramolecular Hbond substituents is 4. The number of carboxylic acids is 2. The third kappa shape index (κ3) is 2.99. The first-order valence-corrected chi connectivity index (χ1v) is 5.07. The molecule has 0 saturated carbocycles. The maximum absolute atomic E-state index is 10.4. The van der Waals surface area contributed by atoms with Crippen molar-refractivity contribution in [1.82, 2.24) is 0 Å². The zero-order chi connectivity index (χ0) is 15.4. The van der Waals surface area contributed by atoms with E-state index in [2.05, 4.69) is 0 Å². The van der Waals surface area contributed by atoms with Gasteiger partial charge in [0.05, 0.1) is 11.1 Å². The molecular formula is C12H10O8. The lowest BCUT2D eigenvalue weighted by molar-refractivity contribution is -0.132. The fourth-order valence-corrected chi connectivity index (χ4v) is 1.36. The summed E-state index contributed by atoms with van der Waals surface area (Å²) in [6.45, 7) is 0. The van der Waals surface area contributed by atoms with E-state index >= 15 is 0 Å². The maximum atomic E-state index is 10.4. The first-order chi connectivity index (χ1) is 9.25. The molecule has 8 nitrogen and oxygen atoms in total. The molecular weight excluding hydrogens is 272 g/mol. The average molecular weight is 282 g/mol. The van der Waals surface area contributed by atoms with Crippen LogP contribution in [-0.2, 0) is 9.59 Å². The van der Waals surface area contributed by atoms with Gasteiger partial charge >= 0.3 is 11.9 Å². The van der Waals surface area contributed by atoms with Crippen molar-refractivity contribution >= 4 is 24.1 Å². The number of carbonyl (C=O) groups is 2. The fraction of sp³-hybridized carbons (Fsp3) is 0. The third-order valence-corrected chi connectivity index (χ3v) is 2.25. The third-order valence-electron chi connectivity index (χ3n) is 2.25. The zero-order valence-corrected chi connectivity index (χ0v) is 9.81. The van der Waals surface area contributed by atoms with Gasteiger partial charge in [0.25, 0.3) is 0 Å². The van der Waals surface area contributed by atoms with Gasteiger partial charge in [0.15, 0.2) is 23.0 Å². The van der Waals surface area contributed by atoms with E-state index < -0.39 is 46.1 Å². The predicted octanol–water partition coefficient (Wildman–Crippen LogP) is 0.705. The van der Waals surface area contributed by atoms with E-state index in [1.165, 1.54) is 0 Å². The van der Waals surface area contributed by atoms with E-state index in [1.54, 1.807) is 0 Å². The number of aromatic hydroxyl groups is 4. The molecule has 0 aliphatic carbocycles. The molecule has 0 radical (unpaired) electrons. The highest BCUT2D eigenvalue weighted by atomic mass is 16.4. The van der Waals surface area contributed by atoms with E-state index in [4.69, 9.17) is 10.2 Å². The van der Waals surface area contributed by atoms with Gasteiger partial charge < -0.3 is 30.6 Å². The van der Waals surface area contributed by atoms with Crippen LogP contribution in [0.5, 0.6) is 23.0 Å². The number of rotatable bonds is 4. The molecule has 0 fully saturated rings. The van der Waals surface area contributed by atoms with E-state index in [1.807, 2.05) is 0 Å². The molecule has 6 N–H and O–H groups in total. The van der Waals surface area contributed by atoms with Crippen molar-refractivity contribution in [3.8, 4) is 23.0 Å². The van der Waals surface area contributed by atoms with Crippen molar-refractivity contribution < 1.29 is 40.2 Å². The van der Waals surface area contributed by atoms with Gasteiger partial charge in [-0.3, -0.25) is 0 Å². The largest absolute Gasteiger partial charge is 0.504 e. The number of hydrogen-bond acceptors (Lipinski definition) is 6. The Kier molecular flexibility index (Phi) is 4.21. The second-order valence-electron chi connectivity index (χ2n) is 3.56. The van der Waals surface area contributed by atoms with Crippen LogP contribution in [0.3, 0.4) is 0 Å². The topological polar surface area (TPSA) is 156 Å². The van der Waals surface area contributed by atoms with Crippen LogP contribution in [0.25, 0.3) is 12.2 Å². The predicted molar refractivity (Wildman–Crippen MR) is 66.4 cm³/mol. The minimum Gasteiger partial charge on any atom is -0.504 e. The fourth-order valence-electron chi connectivity index (χ4n) is 1.36. The van der Waals surface area contributed by atoms with Crippen LogP contribution >= 0.6 is 0 Å². The molecule has 1 aromatic rings. The first kappa shape index (κ1) is 14.9. The molecule has 0 atom stereocenters. The quantitative estimate of drug-likeness (QED) is 0.268. The summed E-state index contributed by atoms with van der Waals surface area (Å²) in [6, 6.07) is 0. The molecule has 8 heteroatoms. The summed E-state index contributed by atoms with van der Waals surface area (Å²) in [6.07, 6.45) is 2.66. The van der Waals surface area contributed by atoms with E-state index in [0.717, 1.165) is 12.2 Å². The summed E-state index contributed by atoms with van der Waals surface area (Å²) < 4.78 is 0. The summed E-state index contributed by atoms with van der Waals surface area (Å²) >= 11 is 0. The van der Waals surface area contributed by atoms with E-state index in [0.29, 0.717) is 12.2 Å². The molecule has 20 heavy (non-hydrogen) atoms. The maximum Gasteiger partial charge on any atom is 0.328 e. The van der Waals surface area contributed by atoms with Gasteiger partial charge in [-0.05, 0) is 12.2 Å². The molecule has 0 aliphatic heterocycles. The highest BCUT2D eigenvalue weighted by molar-refractivity contribution is 5.91. The molecule has 1 rings (SSSR count). The van der Waals surface area contributed by atoms with Crippen LogP contribution < -0.4 is 0 Å². The molecule has 0 saturated heterocycles. The Morgan fingerprint density at radius 1 is 0.650 bits per heavy atom. The van der Waals surface area contributed by atoms with Gasteiger partial charge in [-0.15, -0.1) is 0 Å². The standard InChI is InChI=1S/C12H10O8/c13-7(14)3-1-5-9(17)11(19)6(2-4-8(15)16)12(20)10(5)18/h1-4,17-20H,(H,13,14)(H,15,16). The normalized spacial score (nSPS) is 11.2. The highest BCUT2D eigenvalue weighted by Gasteiger charge is 2.20. The Balaban J connectivity index is 3.49. The minimum atomic E-state index is -1.38. The second kappa shape index (κ2) is 5.65. The van der Waals surface area contributed by atoms with Gasteiger partial charge in [0.2, 0.25) is 0 Å². The molecule has 0 unspecified atom stereocenters. The van der Waals surface area contributed by atoms with Gasteiger partial charge in [-0.25, -0.2) is 9.59 Å². The average Bonchev–Trinajstić information content (AvgIpc) is 2.35. The van der Waals surface area contributed by atoms with Crippen LogP contribution in [0, 0.1) is 0 Å². The number of phenols is 4. The van der Waals surface area contributed by atoms with Gasteiger partial charge in [0, 0.05) is 12.2 Å². The highest BCUT2D eigenvalue weighted by Crippen LogP contribution is 2.47.